The van der Waals surface area contributed by atoms with E-state index in [-0.39, 0.29) is 6.04 Å². The highest BCUT2D eigenvalue weighted by atomic mass is 32.1. The summed E-state index contributed by atoms with van der Waals surface area (Å²) in [7, 11) is 1.87. The molecule has 142 valence electrons. The summed E-state index contributed by atoms with van der Waals surface area (Å²) in [6, 6.07) is 11.2. The molecule has 0 amide bonds. The molecule has 0 N–H and O–H groups in total. The molecule has 1 aromatic heterocycles. The summed E-state index contributed by atoms with van der Waals surface area (Å²) in [5, 5.41) is 2.85. The van der Waals surface area contributed by atoms with Gasteiger partial charge < -0.3 is 4.74 Å². The quantitative estimate of drug-likeness (QED) is 0.534. The smallest absolute Gasteiger partial charge is 0.140 e. The van der Waals surface area contributed by atoms with Crippen molar-refractivity contribution in [2.75, 3.05) is 7.05 Å². The average molecular weight is 388 g/mol. The monoisotopic (exact) mass is 388 g/mol. The van der Waals surface area contributed by atoms with Crippen molar-refractivity contribution in [3.8, 4) is 5.75 Å². The average Bonchev–Trinajstić information content (AvgIpc) is 3.10. The third kappa shape index (κ3) is 5.11. The van der Waals surface area contributed by atoms with Crippen molar-refractivity contribution >= 4 is 11.3 Å². The second kappa shape index (κ2) is 8.59. The fourth-order valence-corrected chi connectivity index (χ4v) is 3.43. The summed E-state index contributed by atoms with van der Waals surface area (Å²) in [6.07, 6.45) is 0. The standard InChI is InChI=1S/C21H22F2N2OS/c1-14-4-7-18(8-5-14)26-12-21-24-17(13-27-21)11-25(3)15(2)19-10-16(22)6-9-20(19)23/h4-10,13,15H,11-12H2,1-3H3. The number of thiazole rings is 1. The number of aromatic nitrogens is 1. The van der Waals surface area contributed by atoms with Gasteiger partial charge in [-0.2, -0.15) is 0 Å². The summed E-state index contributed by atoms with van der Waals surface area (Å²) in [6.45, 7) is 4.83. The van der Waals surface area contributed by atoms with Crippen LogP contribution in [0.4, 0.5) is 8.78 Å². The molecule has 2 aromatic carbocycles. The van der Waals surface area contributed by atoms with E-state index in [9.17, 15) is 8.78 Å². The molecule has 0 aliphatic heterocycles. The summed E-state index contributed by atoms with van der Waals surface area (Å²) < 4.78 is 33.2. The van der Waals surface area contributed by atoms with Gasteiger partial charge in [0.2, 0.25) is 0 Å². The SMILES string of the molecule is Cc1ccc(OCc2nc(CN(C)C(C)c3cc(F)ccc3F)cs2)cc1. The van der Waals surface area contributed by atoms with Gasteiger partial charge in [-0.15, -0.1) is 11.3 Å². The number of rotatable bonds is 7. The van der Waals surface area contributed by atoms with Gasteiger partial charge in [0.25, 0.3) is 0 Å². The van der Waals surface area contributed by atoms with E-state index in [0.29, 0.717) is 18.7 Å². The molecule has 0 saturated heterocycles. The zero-order valence-electron chi connectivity index (χ0n) is 15.6. The predicted molar refractivity (Wildman–Crippen MR) is 104 cm³/mol. The maximum atomic E-state index is 14.0. The van der Waals surface area contributed by atoms with Crippen molar-refractivity contribution in [1.29, 1.82) is 0 Å². The molecule has 0 saturated carbocycles. The Morgan fingerprint density at radius 1 is 1.15 bits per heavy atom. The van der Waals surface area contributed by atoms with Gasteiger partial charge in [-0.05, 0) is 51.2 Å². The molecular formula is C21H22F2N2OS. The molecule has 0 radical (unpaired) electrons. The Morgan fingerprint density at radius 3 is 2.63 bits per heavy atom. The van der Waals surface area contributed by atoms with E-state index >= 15 is 0 Å². The third-order valence-corrected chi connectivity index (χ3v) is 5.33. The first-order chi connectivity index (χ1) is 12.9. The fourth-order valence-electron chi connectivity index (χ4n) is 2.73. The maximum Gasteiger partial charge on any atom is 0.140 e. The van der Waals surface area contributed by atoms with Crippen LogP contribution in [0.15, 0.2) is 47.8 Å². The zero-order chi connectivity index (χ0) is 19.4. The second-order valence-electron chi connectivity index (χ2n) is 6.59. The Hall–Kier alpha value is -2.31. The Labute approximate surface area is 162 Å². The van der Waals surface area contributed by atoms with Gasteiger partial charge in [0.1, 0.15) is 29.0 Å². The van der Waals surface area contributed by atoms with Crippen LogP contribution in [0, 0.1) is 18.6 Å². The molecule has 3 nitrogen and oxygen atoms in total. The zero-order valence-corrected chi connectivity index (χ0v) is 16.4. The number of hydrogen-bond donors (Lipinski definition) is 0. The van der Waals surface area contributed by atoms with E-state index in [1.807, 2.05) is 55.4 Å². The lowest BCUT2D eigenvalue weighted by atomic mass is 10.1. The molecule has 0 fully saturated rings. The van der Waals surface area contributed by atoms with Crippen molar-refractivity contribution in [3.63, 3.8) is 0 Å². The van der Waals surface area contributed by atoms with E-state index in [1.54, 1.807) is 0 Å². The number of hydrogen-bond acceptors (Lipinski definition) is 4. The highest BCUT2D eigenvalue weighted by Crippen LogP contribution is 2.25. The van der Waals surface area contributed by atoms with Crippen molar-refractivity contribution in [1.82, 2.24) is 9.88 Å². The predicted octanol–water partition coefficient (Wildman–Crippen LogP) is 5.50. The Morgan fingerprint density at radius 2 is 1.89 bits per heavy atom. The highest BCUT2D eigenvalue weighted by Gasteiger charge is 2.18. The number of benzene rings is 2. The topological polar surface area (TPSA) is 25.4 Å². The van der Waals surface area contributed by atoms with Crippen LogP contribution < -0.4 is 4.74 Å². The van der Waals surface area contributed by atoms with Crippen molar-refractivity contribution in [2.24, 2.45) is 0 Å². The number of ether oxygens (including phenoxy) is 1. The molecule has 27 heavy (non-hydrogen) atoms. The number of nitrogens with zero attached hydrogens (tertiary/aromatic N) is 2. The van der Waals surface area contributed by atoms with Crippen molar-refractivity contribution in [3.05, 3.63) is 81.3 Å². The first-order valence-corrected chi connectivity index (χ1v) is 9.58. The minimum Gasteiger partial charge on any atom is -0.486 e. The van der Waals surface area contributed by atoms with Crippen LogP contribution in [0.1, 0.15) is 34.8 Å². The normalized spacial score (nSPS) is 12.4. The largest absolute Gasteiger partial charge is 0.486 e. The Balaban J connectivity index is 1.59. The second-order valence-corrected chi connectivity index (χ2v) is 7.53. The van der Waals surface area contributed by atoms with E-state index in [2.05, 4.69) is 4.98 Å². The molecule has 3 aromatic rings. The van der Waals surface area contributed by atoms with Crippen molar-refractivity contribution in [2.45, 2.75) is 33.0 Å². The summed E-state index contributed by atoms with van der Waals surface area (Å²) in [5.74, 6) is -0.0262. The molecule has 1 atom stereocenters. The van der Waals surface area contributed by atoms with Gasteiger partial charge in [-0.3, -0.25) is 4.90 Å². The molecular weight excluding hydrogens is 366 g/mol. The van der Waals surface area contributed by atoms with Gasteiger partial charge in [0.05, 0.1) is 5.69 Å². The molecule has 6 heteroatoms. The van der Waals surface area contributed by atoms with Gasteiger partial charge in [0, 0.05) is 23.5 Å². The Kier molecular flexibility index (Phi) is 6.19. The summed E-state index contributed by atoms with van der Waals surface area (Å²) in [5.41, 5.74) is 2.41. The molecule has 0 bridgehead atoms. The first-order valence-electron chi connectivity index (χ1n) is 8.70. The summed E-state index contributed by atoms with van der Waals surface area (Å²) >= 11 is 1.53. The van der Waals surface area contributed by atoms with E-state index < -0.39 is 11.6 Å². The Bertz CT molecular complexity index is 895. The van der Waals surface area contributed by atoms with E-state index in [4.69, 9.17) is 4.74 Å². The van der Waals surface area contributed by atoms with Crippen LogP contribution in [0.2, 0.25) is 0 Å². The number of halogens is 2. The molecule has 0 spiro atoms. The molecule has 0 aliphatic rings. The maximum absolute atomic E-state index is 14.0. The lowest BCUT2D eigenvalue weighted by Crippen LogP contribution is -2.23. The van der Waals surface area contributed by atoms with Gasteiger partial charge in [-0.1, -0.05) is 17.7 Å². The molecule has 1 unspecified atom stereocenters. The van der Waals surface area contributed by atoms with Gasteiger partial charge >= 0.3 is 0 Å². The van der Waals surface area contributed by atoms with Crippen LogP contribution in [0.3, 0.4) is 0 Å². The minimum atomic E-state index is -0.434. The van der Waals surface area contributed by atoms with Crippen LogP contribution in [0.25, 0.3) is 0 Å². The van der Waals surface area contributed by atoms with Crippen molar-refractivity contribution < 1.29 is 13.5 Å². The minimum absolute atomic E-state index is 0.269. The van der Waals surface area contributed by atoms with E-state index in [0.717, 1.165) is 22.5 Å². The molecule has 3 rings (SSSR count). The van der Waals surface area contributed by atoms with Gasteiger partial charge in [-0.25, -0.2) is 13.8 Å². The summed E-state index contributed by atoms with van der Waals surface area (Å²) in [4.78, 5) is 6.52. The lowest BCUT2D eigenvalue weighted by molar-refractivity contribution is 0.244. The molecule has 0 aliphatic carbocycles. The van der Waals surface area contributed by atoms with Crippen LogP contribution in [-0.4, -0.2) is 16.9 Å². The fraction of sp³-hybridized carbons (Fsp3) is 0.286. The van der Waals surface area contributed by atoms with Crippen LogP contribution in [0.5, 0.6) is 5.75 Å². The van der Waals surface area contributed by atoms with Crippen LogP contribution >= 0.6 is 11.3 Å². The first kappa shape index (κ1) is 19.5. The molecule has 1 heterocycles. The number of aryl methyl sites for hydroxylation is 1. The third-order valence-electron chi connectivity index (χ3n) is 4.46. The van der Waals surface area contributed by atoms with Gasteiger partial charge in [0.15, 0.2) is 0 Å². The lowest BCUT2D eigenvalue weighted by Gasteiger charge is -2.24. The van der Waals surface area contributed by atoms with E-state index in [1.165, 1.54) is 29.0 Å². The highest BCUT2D eigenvalue weighted by molar-refractivity contribution is 7.09. The van der Waals surface area contributed by atoms with Crippen LogP contribution in [-0.2, 0) is 13.2 Å².